The zero-order valence-corrected chi connectivity index (χ0v) is 16.6. The summed E-state index contributed by atoms with van der Waals surface area (Å²) in [5.41, 5.74) is 6.52. The minimum Gasteiger partial charge on any atom is -0.251 e. The van der Waals surface area contributed by atoms with Gasteiger partial charge in [-0.2, -0.15) is 0 Å². The molecule has 3 heteroatoms. The van der Waals surface area contributed by atoms with Crippen molar-refractivity contribution in [2.24, 2.45) is 10.9 Å². The van der Waals surface area contributed by atoms with E-state index in [2.05, 4.69) is 88.7 Å². The highest BCUT2D eigenvalue weighted by atomic mass is 79.9. The molecular formula is C23H18BrNS. The molecule has 3 aromatic rings. The summed E-state index contributed by atoms with van der Waals surface area (Å²) in [7, 11) is 0. The van der Waals surface area contributed by atoms with Crippen molar-refractivity contribution in [2.45, 2.75) is 23.0 Å². The first kappa shape index (κ1) is 16.3. The third kappa shape index (κ3) is 2.83. The molecule has 0 spiro atoms. The molecule has 0 N–H and O–H groups in total. The summed E-state index contributed by atoms with van der Waals surface area (Å²) in [6, 6.07) is 26.2. The predicted molar refractivity (Wildman–Crippen MR) is 114 cm³/mol. The van der Waals surface area contributed by atoms with Crippen LogP contribution in [0.2, 0.25) is 0 Å². The SMILES string of the molecule is Brc1ccc(C2Sc3ccccc3N=C3c4ccccc4CCC32)cc1. The van der Waals surface area contributed by atoms with E-state index in [0.717, 1.165) is 23.0 Å². The Morgan fingerprint density at radius 2 is 1.65 bits per heavy atom. The van der Waals surface area contributed by atoms with Crippen molar-refractivity contribution < 1.29 is 0 Å². The fourth-order valence-electron chi connectivity index (χ4n) is 4.02. The smallest absolute Gasteiger partial charge is 0.0769 e. The summed E-state index contributed by atoms with van der Waals surface area (Å²) in [6.45, 7) is 0. The van der Waals surface area contributed by atoms with Gasteiger partial charge in [0.25, 0.3) is 0 Å². The number of hydrogen-bond donors (Lipinski definition) is 0. The predicted octanol–water partition coefficient (Wildman–Crippen LogP) is 6.98. The topological polar surface area (TPSA) is 12.4 Å². The molecule has 2 atom stereocenters. The molecule has 3 aromatic carbocycles. The van der Waals surface area contributed by atoms with Gasteiger partial charge in [-0.25, -0.2) is 0 Å². The van der Waals surface area contributed by atoms with Crippen LogP contribution in [0.15, 0.2) is 87.2 Å². The second kappa shape index (κ2) is 6.71. The molecule has 0 saturated carbocycles. The van der Waals surface area contributed by atoms with Gasteiger partial charge < -0.3 is 0 Å². The van der Waals surface area contributed by atoms with Gasteiger partial charge in [0.05, 0.1) is 11.4 Å². The molecular weight excluding hydrogens is 402 g/mol. The van der Waals surface area contributed by atoms with Crippen molar-refractivity contribution >= 4 is 39.1 Å². The van der Waals surface area contributed by atoms with Gasteiger partial charge in [0, 0.05) is 20.5 Å². The number of aliphatic imine (C=N–C) groups is 1. The fourth-order valence-corrected chi connectivity index (χ4v) is 5.68. The Kier molecular flexibility index (Phi) is 4.22. The van der Waals surface area contributed by atoms with Gasteiger partial charge in [-0.05, 0) is 53.8 Å². The van der Waals surface area contributed by atoms with E-state index in [0.29, 0.717) is 11.2 Å². The van der Waals surface area contributed by atoms with E-state index in [4.69, 9.17) is 4.99 Å². The first-order valence-corrected chi connectivity index (χ1v) is 10.6. The number of aryl methyl sites for hydroxylation is 1. The zero-order chi connectivity index (χ0) is 17.5. The molecule has 1 nitrogen and oxygen atoms in total. The van der Waals surface area contributed by atoms with Crippen molar-refractivity contribution in [1.29, 1.82) is 0 Å². The van der Waals surface area contributed by atoms with Crippen LogP contribution in [0, 0.1) is 5.92 Å². The molecule has 128 valence electrons. The Morgan fingerprint density at radius 3 is 2.54 bits per heavy atom. The molecule has 0 fully saturated rings. The summed E-state index contributed by atoms with van der Waals surface area (Å²) in [5.74, 6) is 0.434. The molecule has 0 saturated heterocycles. The van der Waals surface area contributed by atoms with Crippen LogP contribution in [0.25, 0.3) is 0 Å². The van der Waals surface area contributed by atoms with Crippen LogP contribution in [-0.2, 0) is 6.42 Å². The maximum atomic E-state index is 5.18. The van der Waals surface area contributed by atoms with E-state index < -0.39 is 0 Å². The molecule has 1 heterocycles. The number of thioether (sulfide) groups is 1. The summed E-state index contributed by atoms with van der Waals surface area (Å²) in [5, 5.41) is 0.388. The molecule has 2 aliphatic rings. The maximum absolute atomic E-state index is 5.18. The molecule has 1 aliphatic carbocycles. The minimum atomic E-state index is 0.388. The lowest BCUT2D eigenvalue weighted by atomic mass is 9.78. The summed E-state index contributed by atoms with van der Waals surface area (Å²) < 4.78 is 1.13. The van der Waals surface area contributed by atoms with Crippen LogP contribution in [-0.4, -0.2) is 5.71 Å². The molecule has 1 aliphatic heterocycles. The highest BCUT2D eigenvalue weighted by molar-refractivity contribution is 9.10. The lowest BCUT2D eigenvalue weighted by Gasteiger charge is -2.31. The van der Waals surface area contributed by atoms with Crippen LogP contribution < -0.4 is 0 Å². The Morgan fingerprint density at radius 1 is 0.885 bits per heavy atom. The minimum absolute atomic E-state index is 0.388. The Balaban J connectivity index is 1.70. The second-order valence-electron chi connectivity index (χ2n) is 6.86. The van der Waals surface area contributed by atoms with E-state index in [-0.39, 0.29) is 0 Å². The monoisotopic (exact) mass is 419 g/mol. The quantitative estimate of drug-likeness (QED) is 0.414. The van der Waals surface area contributed by atoms with Crippen LogP contribution in [0.4, 0.5) is 5.69 Å². The molecule has 5 rings (SSSR count). The van der Waals surface area contributed by atoms with E-state index >= 15 is 0 Å². The Hall–Kier alpha value is -1.84. The standard InChI is InChI=1S/C23H18BrNS/c24-17-12-9-16(10-13-17)23-19-14-11-15-5-1-2-6-18(15)22(19)25-20-7-3-4-8-21(20)26-23/h1-10,12-13,19,23H,11,14H2. The summed E-state index contributed by atoms with van der Waals surface area (Å²) in [4.78, 5) is 6.46. The summed E-state index contributed by atoms with van der Waals surface area (Å²) in [6.07, 6.45) is 2.28. The largest absolute Gasteiger partial charge is 0.251 e. The fraction of sp³-hybridized carbons (Fsp3) is 0.174. The molecule has 0 aromatic heterocycles. The normalized spacial score (nSPS) is 21.0. The van der Waals surface area contributed by atoms with Gasteiger partial charge in [0.1, 0.15) is 0 Å². The van der Waals surface area contributed by atoms with Crippen molar-refractivity contribution in [1.82, 2.24) is 0 Å². The first-order valence-electron chi connectivity index (χ1n) is 8.97. The number of halogens is 1. The number of para-hydroxylation sites is 1. The number of fused-ring (bicyclic) bond motifs is 4. The Labute approximate surface area is 166 Å². The average Bonchev–Trinajstić information content (AvgIpc) is 2.85. The van der Waals surface area contributed by atoms with Crippen LogP contribution in [0.5, 0.6) is 0 Å². The second-order valence-corrected chi connectivity index (χ2v) is 8.96. The highest BCUT2D eigenvalue weighted by Crippen LogP contribution is 2.51. The first-order chi connectivity index (χ1) is 12.8. The Bertz CT molecular complexity index is 993. The highest BCUT2D eigenvalue weighted by Gasteiger charge is 2.35. The number of nitrogens with zero attached hydrogens (tertiary/aromatic N) is 1. The van der Waals surface area contributed by atoms with Crippen LogP contribution >= 0.6 is 27.7 Å². The number of rotatable bonds is 1. The lowest BCUT2D eigenvalue weighted by Crippen LogP contribution is -2.27. The maximum Gasteiger partial charge on any atom is 0.0769 e. The van der Waals surface area contributed by atoms with Crippen LogP contribution in [0.3, 0.4) is 0 Å². The third-order valence-electron chi connectivity index (χ3n) is 5.29. The zero-order valence-electron chi connectivity index (χ0n) is 14.2. The van der Waals surface area contributed by atoms with Gasteiger partial charge in [-0.15, -0.1) is 11.8 Å². The molecule has 2 unspecified atom stereocenters. The molecule has 0 bridgehead atoms. The van der Waals surface area contributed by atoms with Crippen molar-refractivity contribution in [3.05, 3.63) is 94.0 Å². The van der Waals surface area contributed by atoms with Crippen molar-refractivity contribution in [3.63, 3.8) is 0 Å². The van der Waals surface area contributed by atoms with Gasteiger partial charge in [-0.1, -0.05) is 64.5 Å². The van der Waals surface area contributed by atoms with Crippen molar-refractivity contribution in [2.75, 3.05) is 0 Å². The van der Waals surface area contributed by atoms with E-state index in [1.165, 1.54) is 27.3 Å². The van der Waals surface area contributed by atoms with E-state index in [1.807, 2.05) is 11.8 Å². The van der Waals surface area contributed by atoms with Crippen molar-refractivity contribution in [3.8, 4) is 0 Å². The number of hydrogen-bond acceptors (Lipinski definition) is 2. The lowest BCUT2D eigenvalue weighted by molar-refractivity contribution is 0.597. The van der Waals surface area contributed by atoms with Crippen LogP contribution in [0.1, 0.15) is 28.4 Å². The van der Waals surface area contributed by atoms with E-state index in [1.54, 1.807) is 0 Å². The molecule has 0 radical (unpaired) electrons. The average molecular weight is 420 g/mol. The van der Waals surface area contributed by atoms with E-state index in [9.17, 15) is 0 Å². The van der Waals surface area contributed by atoms with Gasteiger partial charge in [0.2, 0.25) is 0 Å². The number of benzene rings is 3. The van der Waals surface area contributed by atoms with Gasteiger partial charge >= 0.3 is 0 Å². The summed E-state index contributed by atoms with van der Waals surface area (Å²) >= 11 is 5.54. The van der Waals surface area contributed by atoms with Gasteiger partial charge in [0.15, 0.2) is 0 Å². The van der Waals surface area contributed by atoms with Gasteiger partial charge in [-0.3, -0.25) is 4.99 Å². The molecule has 0 amide bonds. The third-order valence-corrected chi connectivity index (χ3v) is 7.28. The molecule has 26 heavy (non-hydrogen) atoms.